The smallest absolute Gasteiger partial charge is 0.338 e. The SMILES string of the molecule is COC(=O)[C@H]1Cc2ccccc2CN1C(=O)COC(=O)c1ccc(O)cc1. The fourth-order valence-corrected chi connectivity index (χ4v) is 3.02. The van der Waals surface area contributed by atoms with Gasteiger partial charge in [-0.1, -0.05) is 24.3 Å². The van der Waals surface area contributed by atoms with Crippen LogP contribution in [0.4, 0.5) is 0 Å². The quantitative estimate of drug-likeness (QED) is 0.824. The summed E-state index contributed by atoms with van der Waals surface area (Å²) < 4.78 is 9.90. The number of fused-ring (bicyclic) bond motifs is 1. The Kier molecular flexibility index (Phi) is 5.40. The third kappa shape index (κ3) is 4.08. The second-order valence-corrected chi connectivity index (χ2v) is 6.16. The number of carbonyl (C=O) groups is 3. The molecule has 140 valence electrons. The van der Waals surface area contributed by atoms with Crippen LogP contribution in [0.25, 0.3) is 0 Å². The number of methoxy groups -OCH3 is 1. The molecule has 0 spiro atoms. The van der Waals surface area contributed by atoms with Crippen molar-refractivity contribution in [1.82, 2.24) is 4.90 Å². The van der Waals surface area contributed by atoms with Crippen LogP contribution in [-0.2, 0) is 32.0 Å². The van der Waals surface area contributed by atoms with Crippen molar-refractivity contribution in [3.05, 3.63) is 65.2 Å². The van der Waals surface area contributed by atoms with Gasteiger partial charge in [0.15, 0.2) is 6.61 Å². The van der Waals surface area contributed by atoms with Crippen LogP contribution in [0.2, 0.25) is 0 Å². The van der Waals surface area contributed by atoms with Crippen LogP contribution < -0.4 is 0 Å². The number of benzene rings is 2. The van der Waals surface area contributed by atoms with Crippen LogP contribution in [0.15, 0.2) is 48.5 Å². The van der Waals surface area contributed by atoms with E-state index in [2.05, 4.69) is 0 Å². The van der Waals surface area contributed by atoms with Crippen molar-refractivity contribution in [2.45, 2.75) is 19.0 Å². The van der Waals surface area contributed by atoms with Crippen LogP contribution in [0.1, 0.15) is 21.5 Å². The van der Waals surface area contributed by atoms with Gasteiger partial charge >= 0.3 is 11.9 Å². The van der Waals surface area contributed by atoms with Crippen LogP contribution in [0, 0.1) is 0 Å². The minimum absolute atomic E-state index is 0.0236. The molecule has 0 aromatic heterocycles. The first-order valence-corrected chi connectivity index (χ1v) is 8.40. The molecular formula is C20H19NO6. The van der Waals surface area contributed by atoms with E-state index >= 15 is 0 Å². The molecule has 1 amide bonds. The van der Waals surface area contributed by atoms with Crippen molar-refractivity contribution in [3.63, 3.8) is 0 Å². The molecule has 1 N–H and O–H groups in total. The van der Waals surface area contributed by atoms with Gasteiger partial charge in [-0.05, 0) is 35.4 Å². The Balaban J connectivity index is 1.70. The fraction of sp³-hybridized carbons (Fsp3) is 0.250. The molecule has 7 nitrogen and oxygen atoms in total. The monoisotopic (exact) mass is 369 g/mol. The van der Waals surface area contributed by atoms with E-state index in [9.17, 15) is 19.5 Å². The first-order chi connectivity index (χ1) is 13.0. The summed E-state index contributed by atoms with van der Waals surface area (Å²) in [6, 6.07) is 12.3. The molecule has 0 unspecified atom stereocenters. The molecule has 0 bridgehead atoms. The first kappa shape index (κ1) is 18.4. The standard InChI is InChI=1S/C20H19NO6/c1-26-20(25)17-10-14-4-2-3-5-15(14)11-21(17)18(23)12-27-19(24)13-6-8-16(22)9-7-13/h2-9,17,22H,10-12H2,1H3/t17-/m1/s1. The molecule has 1 aliphatic heterocycles. The number of rotatable bonds is 4. The van der Waals surface area contributed by atoms with Crippen LogP contribution in [0.5, 0.6) is 5.75 Å². The molecule has 27 heavy (non-hydrogen) atoms. The summed E-state index contributed by atoms with van der Waals surface area (Å²) in [5.41, 5.74) is 2.14. The average molecular weight is 369 g/mol. The topological polar surface area (TPSA) is 93.1 Å². The Morgan fingerprint density at radius 2 is 1.74 bits per heavy atom. The van der Waals surface area contributed by atoms with Gasteiger partial charge in [-0.25, -0.2) is 9.59 Å². The molecule has 1 heterocycles. The highest BCUT2D eigenvalue weighted by molar-refractivity contribution is 5.92. The number of hydrogen-bond acceptors (Lipinski definition) is 6. The van der Waals surface area contributed by atoms with E-state index < -0.39 is 30.5 Å². The number of amides is 1. The van der Waals surface area contributed by atoms with Gasteiger partial charge in [0.25, 0.3) is 5.91 Å². The summed E-state index contributed by atoms with van der Waals surface area (Å²) in [6.07, 6.45) is 0.348. The lowest BCUT2D eigenvalue weighted by Crippen LogP contribution is -2.50. The molecule has 0 saturated carbocycles. The van der Waals surface area contributed by atoms with Gasteiger partial charge in [0, 0.05) is 13.0 Å². The molecule has 0 fully saturated rings. The number of phenols is 1. The molecule has 2 aromatic rings. The fourth-order valence-electron chi connectivity index (χ4n) is 3.02. The van der Waals surface area contributed by atoms with Crippen molar-refractivity contribution in [1.29, 1.82) is 0 Å². The third-order valence-electron chi connectivity index (χ3n) is 4.47. The van der Waals surface area contributed by atoms with Crippen LogP contribution >= 0.6 is 0 Å². The molecule has 3 rings (SSSR count). The summed E-state index contributed by atoms with van der Waals surface area (Å²) >= 11 is 0. The van der Waals surface area contributed by atoms with Crippen molar-refractivity contribution in [3.8, 4) is 5.75 Å². The van der Waals surface area contributed by atoms with E-state index in [1.807, 2.05) is 24.3 Å². The van der Waals surface area contributed by atoms with Crippen molar-refractivity contribution < 1.29 is 29.0 Å². The summed E-state index contributed by atoms with van der Waals surface area (Å²) in [7, 11) is 1.27. The Hall–Kier alpha value is -3.35. The largest absolute Gasteiger partial charge is 0.508 e. The number of phenolic OH excluding ortho intramolecular Hbond substituents is 1. The number of ether oxygens (including phenoxy) is 2. The average Bonchev–Trinajstić information content (AvgIpc) is 2.70. The lowest BCUT2D eigenvalue weighted by molar-refractivity contribution is -0.155. The van der Waals surface area contributed by atoms with Gasteiger partial charge in [-0.15, -0.1) is 0 Å². The summed E-state index contributed by atoms with van der Waals surface area (Å²) in [5.74, 6) is -1.65. The zero-order valence-corrected chi connectivity index (χ0v) is 14.8. The number of carbonyl (C=O) groups excluding carboxylic acids is 3. The van der Waals surface area contributed by atoms with Crippen LogP contribution in [0.3, 0.4) is 0 Å². The van der Waals surface area contributed by atoms with E-state index in [0.29, 0.717) is 6.42 Å². The Labute approximate surface area is 156 Å². The van der Waals surface area contributed by atoms with Gasteiger partial charge in [-0.3, -0.25) is 4.79 Å². The van der Waals surface area contributed by atoms with Crippen LogP contribution in [-0.4, -0.2) is 47.6 Å². The second kappa shape index (κ2) is 7.90. The second-order valence-electron chi connectivity index (χ2n) is 6.16. The molecule has 2 aromatic carbocycles. The minimum Gasteiger partial charge on any atom is -0.508 e. The Bertz CT molecular complexity index is 861. The van der Waals surface area contributed by atoms with Gasteiger partial charge in [0.2, 0.25) is 0 Å². The van der Waals surface area contributed by atoms with E-state index in [4.69, 9.17) is 9.47 Å². The number of esters is 2. The highest BCUT2D eigenvalue weighted by Crippen LogP contribution is 2.24. The third-order valence-corrected chi connectivity index (χ3v) is 4.47. The van der Waals surface area contributed by atoms with Gasteiger partial charge < -0.3 is 19.5 Å². The molecule has 1 aliphatic rings. The predicted octanol–water partition coefficient (Wildman–Crippen LogP) is 1.68. The summed E-state index contributed by atoms with van der Waals surface area (Å²) in [5, 5.41) is 9.25. The summed E-state index contributed by atoms with van der Waals surface area (Å²) in [6.45, 7) is -0.249. The highest BCUT2D eigenvalue weighted by Gasteiger charge is 2.35. The Morgan fingerprint density at radius 1 is 1.07 bits per heavy atom. The zero-order valence-electron chi connectivity index (χ0n) is 14.8. The minimum atomic E-state index is -0.759. The van der Waals surface area contributed by atoms with E-state index in [1.54, 1.807) is 0 Å². The molecule has 1 atom stereocenters. The maximum Gasteiger partial charge on any atom is 0.338 e. The predicted molar refractivity (Wildman–Crippen MR) is 94.9 cm³/mol. The lowest BCUT2D eigenvalue weighted by Gasteiger charge is -2.35. The zero-order chi connectivity index (χ0) is 19.4. The first-order valence-electron chi connectivity index (χ1n) is 8.40. The van der Waals surface area contributed by atoms with E-state index in [0.717, 1.165) is 11.1 Å². The summed E-state index contributed by atoms with van der Waals surface area (Å²) in [4.78, 5) is 38.2. The lowest BCUT2D eigenvalue weighted by atomic mass is 9.94. The van der Waals surface area contributed by atoms with Gasteiger partial charge in [0.1, 0.15) is 11.8 Å². The maximum atomic E-state index is 12.6. The normalized spacial score (nSPS) is 15.6. The Morgan fingerprint density at radius 3 is 2.41 bits per heavy atom. The van der Waals surface area contributed by atoms with Gasteiger partial charge in [-0.2, -0.15) is 0 Å². The molecule has 0 saturated heterocycles. The molecule has 7 heteroatoms. The molecule has 0 aliphatic carbocycles. The van der Waals surface area contributed by atoms with Crippen molar-refractivity contribution in [2.24, 2.45) is 0 Å². The number of nitrogens with zero attached hydrogens (tertiary/aromatic N) is 1. The van der Waals surface area contributed by atoms with Crippen molar-refractivity contribution in [2.75, 3.05) is 13.7 Å². The molecule has 0 radical (unpaired) electrons. The number of hydrogen-bond donors (Lipinski definition) is 1. The number of aromatic hydroxyl groups is 1. The highest BCUT2D eigenvalue weighted by atomic mass is 16.5. The maximum absolute atomic E-state index is 12.6. The van der Waals surface area contributed by atoms with E-state index in [-0.39, 0.29) is 17.9 Å². The van der Waals surface area contributed by atoms with Gasteiger partial charge in [0.05, 0.1) is 12.7 Å². The van der Waals surface area contributed by atoms with E-state index in [1.165, 1.54) is 36.3 Å². The molecular weight excluding hydrogens is 350 g/mol. The van der Waals surface area contributed by atoms with Crippen molar-refractivity contribution >= 4 is 17.8 Å².